The maximum Gasteiger partial charge on any atom is 0.256 e. The van der Waals surface area contributed by atoms with Gasteiger partial charge in [0.1, 0.15) is 12.3 Å². The Balaban J connectivity index is 1.37. The molecule has 7 heteroatoms. The number of likely N-dealkylation sites (tertiary alicyclic amines) is 1. The van der Waals surface area contributed by atoms with E-state index in [1.165, 1.54) is 11.1 Å². The quantitative estimate of drug-likeness (QED) is 0.652. The Morgan fingerprint density at radius 1 is 1.19 bits per heavy atom. The molecule has 1 N–H and O–H groups in total. The van der Waals surface area contributed by atoms with Crippen LogP contribution in [0, 0.1) is 0 Å². The summed E-state index contributed by atoms with van der Waals surface area (Å²) in [4.78, 5) is 27.3. The van der Waals surface area contributed by atoms with Crippen molar-refractivity contribution in [2.24, 2.45) is 0 Å². The van der Waals surface area contributed by atoms with Crippen molar-refractivity contribution in [1.29, 1.82) is 0 Å². The summed E-state index contributed by atoms with van der Waals surface area (Å²) in [5.41, 5.74) is 3.98. The van der Waals surface area contributed by atoms with Gasteiger partial charge in [0.2, 0.25) is 5.91 Å². The topological polar surface area (TPSA) is 63.6 Å². The molecule has 1 saturated heterocycles. The molecule has 0 spiro atoms. The summed E-state index contributed by atoms with van der Waals surface area (Å²) < 4.78 is 7.70. The number of benzene rings is 2. The number of carbonyl (C=O) groups excluding carboxylic acids is 2. The zero-order chi connectivity index (χ0) is 22.2. The van der Waals surface area contributed by atoms with Gasteiger partial charge in [-0.2, -0.15) is 0 Å². The molecule has 5 rings (SSSR count). The number of aromatic nitrogens is 1. The third-order valence-corrected chi connectivity index (χ3v) is 6.87. The van der Waals surface area contributed by atoms with Gasteiger partial charge in [0.25, 0.3) is 5.91 Å². The first kappa shape index (κ1) is 20.9. The fourth-order valence-electron chi connectivity index (χ4n) is 4.93. The van der Waals surface area contributed by atoms with Crippen LogP contribution in [-0.2, 0) is 17.8 Å². The molecule has 2 aliphatic heterocycles. The summed E-state index contributed by atoms with van der Waals surface area (Å²) in [5, 5.41) is 4.03. The van der Waals surface area contributed by atoms with E-state index >= 15 is 0 Å². The van der Waals surface area contributed by atoms with Crippen LogP contribution in [0.3, 0.4) is 0 Å². The minimum absolute atomic E-state index is 0.000898. The number of halogens is 1. The Labute approximate surface area is 192 Å². The first-order valence-electron chi connectivity index (χ1n) is 11.1. The van der Waals surface area contributed by atoms with Crippen molar-refractivity contribution in [2.75, 3.05) is 26.7 Å². The van der Waals surface area contributed by atoms with Gasteiger partial charge in [-0.05, 0) is 42.0 Å². The van der Waals surface area contributed by atoms with Gasteiger partial charge in [0.15, 0.2) is 0 Å². The Morgan fingerprint density at radius 3 is 2.78 bits per heavy atom. The van der Waals surface area contributed by atoms with Crippen LogP contribution in [0.1, 0.15) is 40.2 Å². The maximum atomic E-state index is 13.5. The molecule has 0 saturated carbocycles. The minimum atomic E-state index is -0.126. The number of nitrogens with one attached hydrogen (secondary N) is 1. The maximum absolute atomic E-state index is 13.5. The minimum Gasteiger partial charge on any atom is -0.493 e. The van der Waals surface area contributed by atoms with Crippen molar-refractivity contribution in [3.63, 3.8) is 0 Å². The second-order valence-corrected chi connectivity index (χ2v) is 8.94. The van der Waals surface area contributed by atoms with E-state index in [4.69, 9.17) is 16.3 Å². The number of piperidine rings is 1. The number of para-hydroxylation sites is 1. The molecule has 0 aliphatic carbocycles. The van der Waals surface area contributed by atoms with E-state index in [1.807, 2.05) is 11.0 Å². The first-order valence-corrected chi connectivity index (χ1v) is 11.5. The van der Waals surface area contributed by atoms with Gasteiger partial charge < -0.3 is 19.5 Å². The van der Waals surface area contributed by atoms with Crippen molar-refractivity contribution in [1.82, 2.24) is 14.8 Å². The molecule has 3 aromatic rings. The van der Waals surface area contributed by atoms with Crippen molar-refractivity contribution in [2.45, 2.75) is 31.7 Å². The lowest BCUT2D eigenvalue weighted by molar-refractivity contribution is -0.121. The Kier molecular flexibility index (Phi) is 5.55. The SMILES string of the molecule is CNC(=O)Cn1cc(C(=O)N2CCC(c3cccc4c3OCC4)CC2)c2ccc(Cl)cc21. The summed E-state index contributed by atoms with van der Waals surface area (Å²) in [6.45, 7) is 2.29. The lowest BCUT2D eigenvalue weighted by atomic mass is 9.87. The second-order valence-electron chi connectivity index (χ2n) is 8.51. The third kappa shape index (κ3) is 3.73. The lowest BCUT2D eigenvalue weighted by Crippen LogP contribution is -2.38. The Morgan fingerprint density at radius 2 is 2.00 bits per heavy atom. The highest BCUT2D eigenvalue weighted by Crippen LogP contribution is 2.39. The van der Waals surface area contributed by atoms with E-state index in [9.17, 15) is 9.59 Å². The number of likely N-dealkylation sites (N-methyl/N-ethyl adjacent to an activating group) is 1. The lowest BCUT2D eigenvalue weighted by Gasteiger charge is -2.32. The average molecular weight is 452 g/mol. The standard InChI is InChI=1S/C25H26ClN3O3/c1-27-23(30)15-29-14-21(20-6-5-18(26)13-22(20)29)25(31)28-10-7-16(8-11-28)19-4-2-3-17-9-12-32-24(17)19/h2-6,13-14,16H,7-12,15H2,1H3,(H,27,30). The van der Waals surface area contributed by atoms with Gasteiger partial charge in [-0.15, -0.1) is 0 Å². The zero-order valence-electron chi connectivity index (χ0n) is 18.1. The molecule has 1 aromatic heterocycles. The molecule has 3 heterocycles. The highest BCUT2D eigenvalue weighted by molar-refractivity contribution is 6.31. The van der Waals surface area contributed by atoms with Gasteiger partial charge in [0.05, 0.1) is 17.7 Å². The smallest absolute Gasteiger partial charge is 0.256 e. The molecule has 2 aromatic carbocycles. The van der Waals surface area contributed by atoms with E-state index < -0.39 is 0 Å². The monoisotopic (exact) mass is 451 g/mol. The summed E-state index contributed by atoms with van der Waals surface area (Å²) in [7, 11) is 1.60. The van der Waals surface area contributed by atoms with Gasteiger partial charge in [0, 0.05) is 43.2 Å². The van der Waals surface area contributed by atoms with Crippen molar-refractivity contribution in [3.05, 3.63) is 64.3 Å². The molecule has 32 heavy (non-hydrogen) atoms. The van der Waals surface area contributed by atoms with E-state index in [0.29, 0.717) is 29.6 Å². The third-order valence-electron chi connectivity index (χ3n) is 6.63. The largest absolute Gasteiger partial charge is 0.493 e. The highest BCUT2D eigenvalue weighted by atomic mass is 35.5. The fraction of sp³-hybridized carbons (Fsp3) is 0.360. The number of ether oxygens (including phenoxy) is 1. The van der Waals surface area contributed by atoms with Crippen LogP contribution in [0.5, 0.6) is 5.75 Å². The fourth-order valence-corrected chi connectivity index (χ4v) is 5.09. The number of rotatable bonds is 4. The number of fused-ring (bicyclic) bond motifs is 2. The first-order chi connectivity index (χ1) is 15.5. The average Bonchev–Trinajstić information content (AvgIpc) is 3.43. The summed E-state index contributed by atoms with van der Waals surface area (Å²) >= 11 is 6.19. The molecular formula is C25H26ClN3O3. The number of carbonyl (C=O) groups is 2. The molecular weight excluding hydrogens is 426 g/mol. The zero-order valence-corrected chi connectivity index (χ0v) is 18.8. The van der Waals surface area contributed by atoms with Gasteiger partial charge >= 0.3 is 0 Å². The molecule has 0 bridgehead atoms. The van der Waals surface area contributed by atoms with Gasteiger partial charge in [-0.1, -0.05) is 35.9 Å². The van der Waals surface area contributed by atoms with Gasteiger partial charge in [-0.3, -0.25) is 9.59 Å². The van der Waals surface area contributed by atoms with Crippen LogP contribution in [0.4, 0.5) is 0 Å². The normalized spacial score (nSPS) is 16.1. The van der Waals surface area contributed by atoms with E-state index in [0.717, 1.165) is 42.5 Å². The summed E-state index contributed by atoms with van der Waals surface area (Å²) in [5.74, 6) is 1.34. The molecule has 2 amide bonds. The van der Waals surface area contributed by atoms with E-state index in [1.54, 1.807) is 29.9 Å². The van der Waals surface area contributed by atoms with E-state index in [-0.39, 0.29) is 18.4 Å². The van der Waals surface area contributed by atoms with Gasteiger partial charge in [-0.25, -0.2) is 0 Å². The number of amides is 2. The Hall–Kier alpha value is -2.99. The van der Waals surface area contributed by atoms with Crippen molar-refractivity contribution in [3.8, 4) is 5.75 Å². The molecule has 0 unspecified atom stereocenters. The van der Waals surface area contributed by atoms with Crippen LogP contribution >= 0.6 is 11.6 Å². The van der Waals surface area contributed by atoms with E-state index in [2.05, 4.69) is 23.5 Å². The summed E-state index contributed by atoms with van der Waals surface area (Å²) in [6, 6.07) is 11.9. The molecule has 0 radical (unpaired) electrons. The molecule has 1 fully saturated rings. The molecule has 0 atom stereocenters. The second kappa shape index (κ2) is 8.51. The number of hydrogen-bond acceptors (Lipinski definition) is 3. The number of hydrogen-bond donors (Lipinski definition) is 1. The van der Waals surface area contributed by atoms with Crippen LogP contribution in [0.25, 0.3) is 10.9 Å². The molecule has 2 aliphatic rings. The molecule has 166 valence electrons. The van der Waals surface area contributed by atoms with Crippen LogP contribution in [-0.4, -0.2) is 48.0 Å². The van der Waals surface area contributed by atoms with Crippen LogP contribution in [0.2, 0.25) is 5.02 Å². The predicted octanol–water partition coefficient (Wildman–Crippen LogP) is 4.00. The van der Waals surface area contributed by atoms with Crippen molar-refractivity contribution < 1.29 is 14.3 Å². The highest BCUT2D eigenvalue weighted by Gasteiger charge is 2.29. The number of nitrogens with zero attached hydrogens (tertiary/aromatic N) is 2. The Bertz CT molecular complexity index is 1190. The summed E-state index contributed by atoms with van der Waals surface area (Å²) in [6.07, 6.45) is 4.58. The van der Waals surface area contributed by atoms with Crippen LogP contribution < -0.4 is 10.1 Å². The van der Waals surface area contributed by atoms with Crippen molar-refractivity contribution >= 4 is 34.3 Å². The molecule has 6 nitrogen and oxygen atoms in total. The van der Waals surface area contributed by atoms with Crippen LogP contribution in [0.15, 0.2) is 42.6 Å². The predicted molar refractivity (Wildman–Crippen MR) is 125 cm³/mol.